The fourth-order valence-corrected chi connectivity index (χ4v) is 5.04. The van der Waals surface area contributed by atoms with E-state index in [2.05, 4.69) is 45.2 Å². The zero-order valence-corrected chi connectivity index (χ0v) is 20.0. The van der Waals surface area contributed by atoms with Crippen molar-refractivity contribution in [2.45, 2.75) is 18.9 Å². The quantitative estimate of drug-likeness (QED) is 0.283. The van der Waals surface area contributed by atoms with Crippen LogP contribution in [0.15, 0.2) is 54.6 Å². The summed E-state index contributed by atoms with van der Waals surface area (Å²) < 4.78 is 7.72. The molecule has 30 heavy (non-hydrogen) atoms. The third kappa shape index (κ3) is 5.55. The van der Waals surface area contributed by atoms with Gasteiger partial charge in [0.2, 0.25) is 0 Å². The molecular formula is C22H19I2NO5. The maximum absolute atomic E-state index is 11.0. The molecule has 0 saturated heterocycles. The second-order valence-corrected chi connectivity index (χ2v) is 9.06. The molecule has 0 aliphatic rings. The fourth-order valence-electron chi connectivity index (χ4n) is 2.92. The first-order valence-electron chi connectivity index (χ1n) is 8.97. The van der Waals surface area contributed by atoms with Crippen LogP contribution >= 0.6 is 45.2 Å². The topological polar surface area (TPSA) is 113 Å². The van der Waals surface area contributed by atoms with E-state index in [9.17, 15) is 15.0 Å². The van der Waals surface area contributed by atoms with Gasteiger partial charge in [-0.3, -0.25) is 4.79 Å². The lowest BCUT2D eigenvalue weighted by Crippen LogP contribution is -2.32. The number of rotatable bonds is 7. The minimum absolute atomic E-state index is 0.119. The monoisotopic (exact) mass is 631 g/mol. The lowest BCUT2D eigenvalue weighted by molar-refractivity contribution is -0.138. The molecule has 0 saturated carbocycles. The van der Waals surface area contributed by atoms with Crippen molar-refractivity contribution in [3.05, 3.63) is 78.4 Å². The van der Waals surface area contributed by atoms with Gasteiger partial charge in [-0.15, -0.1) is 0 Å². The summed E-state index contributed by atoms with van der Waals surface area (Å²) in [6.45, 7) is 0. The average Bonchev–Trinajstić information content (AvgIpc) is 2.68. The standard InChI is InChI=1S/C22H19I2NO5/c23-16-7-12(9-18(25)22(28)29)8-17(24)21(16)30-15-5-6-20(27)14(11-15)10-13-3-1-2-4-19(13)26/h1-8,11,18,26-27H,9-10,25H2,(H,28,29). The van der Waals surface area contributed by atoms with Gasteiger partial charge in [-0.2, -0.15) is 0 Å². The number of phenolic OH excluding ortho intramolecular Hbond substituents is 2. The Morgan fingerprint density at radius 3 is 2.23 bits per heavy atom. The smallest absolute Gasteiger partial charge is 0.320 e. The largest absolute Gasteiger partial charge is 0.508 e. The molecule has 0 heterocycles. The van der Waals surface area contributed by atoms with E-state index >= 15 is 0 Å². The molecule has 0 radical (unpaired) electrons. The number of hydrogen-bond donors (Lipinski definition) is 4. The fraction of sp³-hybridized carbons (Fsp3) is 0.136. The van der Waals surface area contributed by atoms with E-state index in [1.54, 1.807) is 36.4 Å². The van der Waals surface area contributed by atoms with Gasteiger partial charge in [0.15, 0.2) is 5.75 Å². The van der Waals surface area contributed by atoms with Crippen molar-refractivity contribution in [3.63, 3.8) is 0 Å². The molecular weight excluding hydrogens is 612 g/mol. The molecule has 0 amide bonds. The molecule has 0 spiro atoms. The van der Waals surface area contributed by atoms with Crippen LogP contribution in [0.25, 0.3) is 0 Å². The molecule has 3 rings (SSSR count). The summed E-state index contributed by atoms with van der Waals surface area (Å²) in [6, 6.07) is 14.7. The lowest BCUT2D eigenvalue weighted by Gasteiger charge is -2.15. The van der Waals surface area contributed by atoms with Gasteiger partial charge in [-0.1, -0.05) is 18.2 Å². The van der Waals surface area contributed by atoms with E-state index in [4.69, 9.17) is 15.6 Å². The van der Waals surface area contributed by atoms with Crippen LogP contribution in [-0.4, -0.2) is 27.3 Å². The number of benzene rings is 3. The van der Waals surface area contributed by atoms with Crippen molar-refractivity contribution in [2.75, 3.05) is 0 Å². The van der Waals surface area contributed by atoms with Crippen molar-refractivity contribution < 1.29 is 24.9 Å². The van der Waals surface area contributed by atoms with Crippen LogP contribution in [0.5, 0.6) is 23.0 Å². The maximum Gasteiger partial charge on any atom is 0.320 e. The molecule has 0 fully saturated rings. The normalized spacial score (nSPS) is 11.8. The van der Waals surface area contributed by atoms with Crippen molar-refractivity contribution in [1.29, 1.82) is 0 Å². The first kappa shape index (κ1) is 22.6. The second-order valence-electron chi connectivity index (χ2n) is 6.74. The number of para-hydroxylation sites is 1. The van der Waals surface area contributed by atoms with Crippen LogP contribution in [0.4, 0.5) is 0 Å². The Morgan fingerprint density at radius 2 is 1.60 bits per heavy atom. The first-order chi connectivity index (χ1) is 14.2. The van der Waals surface area contributed by atoms with Crippen LogP contribution < -0.4 is 10.5 Å². The summed E-state index contributed by atoms with van der Waals surface area (Å²) in [5.41, 5.74) is 7.78. The van der Waals surface area contributed by atoms with E-state index in [1.165, 1.54) is 0 Å². The van der Waals surface area contributed by atoms with Gasteiger partial charge in [0, 0.05) is 12.0 Å². The van der Waals surface area contributed by atoms with Crippen molar-refractivity contribution in [3.8, 4) is 23.0 Å². The summed E-state index contributed by atoms with van der Waals surface area (Å²) in [4.78, 5) is 11.0. The Morgan fingerprint density at radius 1 is 0.967 bits per heavy atom. The number of phenols is 2. The predicted molar refractivity (Wildman–Crippen MR) is 130 cm³/mol. The van der Waals surface area contributed by atoms with E-state index in [0.29, 0.717) is 29.0 Å². The summed E-state index contributed by atoms with van der Waals surface area (Å²) in [6.07, 6.45) is 0.585. The van der Waals surface area contributed by atoms with Gasteiger partial charge in [-0.25, -0.2) is 0 Å². The van der Waals surface area contributed by atoms with Gasteiger partial charge < -0.3 is 25.8 Å². The van der Waals surface area contributed by atoms with Gasteiger partial charge in [-0.05, 0) is 99.1 Å². The molecule has 0 aromatic heterocycles. The Kier molecular flexibility index (Phi) is 7.42. The van der Waals surface area contributed by atoms with E-state index < -0.39 is 12.0 Å². The van der Waals surface area contributed by atoms with Crippen molar-refractivity contribution >= 4 is 51.2 Å². The second kappa shape index (κ2) is 9.84. The summed E-state index contributed by atoms with van der Waals surface area (Å²) in [7, 11) is 0. The number of aliphatic carboxylic acids is 1. The van der Waals surface area contributed by atoms with Crippen LogP contribution in [0, 0.1) is 7.14 Å². The Balaban J connectivity index is 1.84. The lowest BCUT2D eigenvalue weighted by atomic mass is 10.0. The predicted octanol–water partition coefficient (Wildman–Crippen LogP) is 4.64. The summed E-state index contributed by atoms with van der Waals surface area (Å²) in [5, 5.41) is 29.2. The Hall–Kier alpha value is -2.05. The number of ether oxygens (including phenoxy) is 1. The molecule has 0 aliphatic heterocycles. The highest BCUT2D eigenvalue weighted by Crippen LogP contribution is 2.35. The zero-order chi connectivity index (χ0) is 21.8. The third-order valence-electron chi connectivity index (χ3n) is 4.47. The number of carbonyl (C=O) groups is 1. The van der Waals surface area contributed by atoms with Gasteiger partial charge in [0.25, 0.3) is 0 Å². The maximum atomic E-state index is 11.0. The molecule has 0 aliphatic carbocycles. The summed E-state index contributed by atoms with van der Waals surface area (Å²) in [5.74, 6) is 0.434. The molecule has 3 aromatic carbocycles. The zero-order valence-electron chi connectivity index (χ0n) is 15.7. The highest BCUT2D eigenvalue weighted by Gasteiger charge is 2.16. The molecule has 8 heteroatoms. The molecule has 3 aromatic rings. The van der Waals surface area contributed by atoms with Crippen LogP contribution in [0.2, 0.25) is 0 Å². The molecule has 1 unspecified atom stereocenters. The number of carboxylic acid groups (broad SMARTS) is 1. The van der Waals surface area contributed by atoms with Gasteiger partial charge in [0.1, 0.15) is 23.3 Å². The molecule has 1 atom stereocenters. The molecule has 156 valence electrons. The van der Waals surface area contributed by atoms with Crippen molar-refractivity contribution in [2.24, 2.45) is 5.73 Å². The average molecular weight is 631 g/mol. The number of aromatic hydroxyl groups is 2. The molecule has 6 nitrogen and oxygen atoms in total. The van der Waals surface area contributed by atoms with Crippen LogP contribution in [-0.2, 0) is 17.6 Å². The van der Waals surface area contributed by atoms with Gasteiger partial charge in [0.05, 0.1) is 7.14 Å². The number of carboxylic acids is 1. The van der Waals surface area contributed by atoms with E-state index in [1.807, 2.05) is 18.2 Å². The Labute approximate surface area is 201 Å². The number of halogens is 2. The summed E-state index contributed by atoms with van der Waals surface area (Å²) >= 11 is 4.28. The number of hydrogen-bond acceptors (Lipinski definition) is 5. The molecule has 5 N–H and O–H groups in total. The van der Waals surface area contributed by atoms with Crippen LogP contribution in [0.1, 0.15) is 16.7 Å². The molecule has 0 bridgehead atoms. The van der Waals surface area contributed by atoms with E-state index in [0.717, 1.165) is 12.7 Å². The number of nitrogens with two attached hydrogens (primary N) is 1. The van der Waals surface area contributed by atoms with Crippen LogP contribution in [0.3, 0.4) is 0 Å². The minimum Gasteiger partial charge on any atom is -0.508 e. The van der Waals surface area contributed by atoms with E-state index in [-0.39, 0.29) is 17.9 Å². The SMILES string of the molecule is NC(Cc1cc(I)c(Oc2ccc(O)c(Cc3ccccc3O)c2)c(I)c1)C(=O)O. The minimum atomic E-state index is -1.04. The van der Waals surface area contributed by atoms with Gasteiger partial charge >= 0.3 is 5.97 Å². The Bertz CT molecular complexity index is 1060. The third-order valence-corrected chi connectivity index (χ3v) is 6.08. The van der Waals surface area contributed by atoms with Crippen molar-refractivity contribution in [1.82, 2.24) is 0 Å². The highest BCUT2D eigenvalue weighted by molar-refractivity contribution is 14.1. The highest BCUT2D eigenvalue weighted by atomic mass is 127. The first-order valence-corrected chi connectivity index (χ1v) is 11.1.